The van der Waals surface area contributed by atoms with E-state index >= 15 is 0 Å². The summed E-state index contributed by atoms with van der Waals surface area (Å²) in [5, 5.41) is 0.682. The Morgan fingerprint density at radius 1 is 1.05 bits per heavy atom. The summed E-state index contributed by atoms with van der Waals surface area (Å²) in [5.74, 6) is 0.468. The lowest BCUT2D eigenvalue weighted by Gasteiger charge is -2.57. The molecule has 200 valence electrons. The number of anilines is 2. The SMILES string of the molecule is CCc1nc(N)nc(N)c1-c1ccc(Cl)cc1.C[C@@H]1CC[C@H]2[C@@H](C)C(=O)O[C@@H]3O[C@@]4(C)CC[C@@H]1[C@]32OO4. The summed E-state index contributed by atoms with van der Waals surface area (Å²) in [6.45, 7) is 8.06. The van der Waals surface area contributed by atoms with Gasteiger partial charge in [0.25, 0.3) is 0 Å². The summed E-state index contributed by atoms with van der Waals surface area (Å²) in [6.07, 6.45) is 3.99. The molecule has 1 aromatic carbocycles. The number of rotatable bonds is 2. The number of hydrogen-bond donors (Lipinski definition) is 2. The number of carbonyl (C=O) groups excluding carboxylic acids is 1. The molecule has 10 heteroatoms. The molecule has 1 aliphatic carbocycles. The zero-order chi connectivity index (χ0) is 26.5. The minimum atomic E-state index is -0.793. The summed E-state index contributed by atoms with van der Waals surface area (Å²) in [6, 6.07) is 7.41. The van der Waals surface area contributed by atoms with Gasteiger partial charge in [0.05, 0.1) is 11.6 Å². The summed E-state index contributed by atoms with van der Waals surface area (Å²) < 4.78 is 11.6. The first-order chi connectivity index (χ1) is 17.6. The Balaban J connectivity index is 0.000000154. The third-order valence-corrected chi connectivity index (χ3v) is 8.72. The van der Waals surface area contributed by atoms with Crippen molar-refractivity contribution < 1.29 is 24.0 Å². The second kappa shape index (κ2) is 9.69. The molecule has 5 fully saturated rings. The van der Waals surface area contributed by atoms with E-state index in [-0.39, 0.29) is 23.8 Å². The van der Waals surface area contributed by atoms with Crippen molar-refractivity contribution in [2.24, 2.45) is 23.7 Å². The van der Waals surface area contributed by atoms with E-state index in [2.05, 4.69) is 16.9 Å². The van der Waals surface area contributed by atoms with Gasteiger partial charge in [-0.3, -0.25) is 4.79 Å². The Bertz CT molecular complexity index is 1180. The van der Waals surface area contributed by atoms with Gasteiger partial charge < -0.3 is 20.9 Å². The maximum atomic E-state index is 12.1. The minimum absolute atomic E-state index is 0.123. The number of aromatic nitrogens is 2. The molecule has 2 bridgehead atoms. The van der Waals surface area contributed by atoms with Gasteiger partial charge in [-0.25, -0.2) is 14.8 Å². The van der Waals surface area contributed by atoms with Crippen LogP contribution in [0.1, 0.15) is 59.1 Å². The first-order valence-corrected chi connectivity index (χ1v) is 13.4. The average molecular weight is 531 g/mol. The Hall–Kier alpha value is -2.46. The fourth-order valence-electron chi connectivity index (χ4n) is 6.50. The Morgan fingerprint density at radius 2 is 1.78 bits per heavy atom. The Morgan fingerprint density at radius 3 is 2.49 bits per heavy atom. The maximum absolute atomic E-state index is 12.1. The van der Waals surface area contributed by atoms with Crippen LogP contribution in [0.15, 0.2) is 24.3 Å². The Kier molecular flexibility index (Phi) is 6.85. The number of nitrogen functional groups attached to an aromatic ring is 2. The van der Waals surface area contributed by atoms with Gasteiger partial charge in [-0.05, 0) is 56.2 Å². The van der Waals surface area contributed by atoms with Gasteiger partial charge in [0, 0.05) is 28.8 Å². The molecule has 5 aliphatic rings. The van der Waals surface area contributed by atoms with Gasteiger partial charge in [-0.1, -0.05) is 44.5 Å². The van der Waals surface area contributed by atoms with E-state index in [1.165, 1.54) is 0 Å². The molecule has 9 nitrogen and oxygen atoms in total. The highest BCUT2D eigenvalue weighted by atomic mass is 35.5. The standard InChI is InChI=1S/C15H22O5.C12H13ClN4/c1-8-4-5-11-9(2)12(16)17-13-15(11)10(8)6-7-14(3,18-13)19-20-15;1-2-9-10(11(14)17-12(15)16-9)7-3-5-8(13)6-4-7/h8-11,13H,4-7H2,1-3H3;3-6H,2H2,1H3,(H4,14,15,16,17)/t8-,9-,10+,11+,13-,14-,15-;/m1./s1. The molecule has 4 aliphatic heterocycles. The molecule has 37 heavy (non-hydrogen) atoms. The smallest absolute Gasteiger partial charge is 0.311 e. The lowest BCUT2D eigenvalue weighted by Crippen LogP contribution is -2.69. The first kappa shape index (κ1) is 26.2. The summed E-state index contributed by atoms with van der Waals surface area (Å²) in [7, 11) is 0. The van der Waals surface area contributed by atoms with E-state index in [0.717, 1.165) is 48.9 Å². The van der Waals surface area contributed by atoms with Crippen molar-refractivity contribution in [2.45, 2.75) is 77.5 Å². The number of nitrogens with zero attached hydrogens (tertiary/aromatic N) is 2. The van der Waals surface area contributed by atoms with Crippen molar-refractivity contribution in [3.8, 4) is 11.1 Å². The number of aryl methyl sites for hydroxylation is 1. The predicted molar refractivity (Wildman–Crippen MR) is 139 cm³/mol. The zero-order valence-corrected chi connectivity index (χ0v) is 22.5. The fourth-order valence-corrected chi connectivity index (χ4v) is 6.62. The van der Waals surface area contributed by atoms with E-state index < -0.39 is 17.7 Å². The number of benzene rings is 1. The van der Waals surface area contributed by atoms with Gasteiger partial charge in [0.2, 0.25) is 18.0 Å². The van der Waals surface area contributed by atoms with Crippen molar-refractivity contribution in [1.82, 2.24) is 9.97 Å². The minimum Gasteiger partial charge on any atom is -0.432 e. The van der Waals surface area contributed by atoms with Crippen LogP contribution in [-0.4, -0.2) is 33.6 Å². The van der Waals surface area contributed by atoms with Crippen molar-refractivity contribution in [3.63, 3.8) is 0 Å². The van der Waals surface area contributed by atoms with Crippen LogP contribution in [0.25, 0.3) is 11.1 Å². The van der Waals surface area contributed by atoms with Gasteiger partial charge in [-0.15, -0.1) is 0 Å². The van der Waals surface area contributed by atoms with Gasteiger partial charge in [0.15, 0.2) is 5.60 Å². The number of hydrogen-bond acceptors (Lipinski definition) is 9. The van der Waals surface area contributed by atoms with Crippen LogP contribution in [0.4, 0.5) is 11.8 Å². The van der Waals surface area contributed by atoms with Gasteiger partial charge >= 0.3 is 5.97 Å². The van der Waals surface area contributed by atoms with Crippen LogP contribution in [0, 0.1) is 23.7 Å². The number of ether oxygens (including phenoxy) is 2. The number of carbonyl (C=O) groups is 1. The lowest BCUT2D eigenvalue weighted by atomic mass is 9.58. The summed E-state index contributed by atoms with van der Waals surface area (Å²) >= 11 is 5.86. The van der Waals surface area contributed by atoms with E-state index in [1.807, 2.05) is 45.0 Å². The maximum Gasteiger partial charge on any atom is 0.311 e. The highest BCUT2D eigenvalue weighted by Crippen LogP contribution is 2.59. The number of fused-ring (bicyclic) bond motifs is 2. The molecule has 1 saturated carbocycles. The lowest BCUT2D eigenvalue weighted by molar-refractivity contribution is -0.559. The quantitative estimate of drug-likeness (QED) is 0.410. The van der Waals surface area contributed by atoms with Crippen LogP contribution in [0.3, 0.4) is 0 Å². The van der Waals surface area contributed by atoms with Crippen molar-refractivity contribution >= 4 is 29.3 Å². The second-order valence-electron chi connectivity index (χ2n) is 10.8. The predicted octanol–water partition coefficient (Wildman–Crippen LogP) is 4.92. The van der Waals surface area contributed by atoms with Crippen LogP contribution < -0.4 is 11.5 Å². The van der Waals surface area contributed by atoms with Crippen molar-refractivity contribution in [1.29, 1.82) is 0 Å². The Labute approximate surface area is 222 Å². The normalized spacial score (nSPS) is 36.0. The van der Waals surface area contributed by atoms with Crippen LogP contribution in [-0.2, 0) is 30.5 Å². The molecule has 4 N–H and O–H groups in total. The largest absolute Gasteiger partial charge is 0.432 e. The van der Waals surface area contributed by atoms with E-state index in [4.69, 9.17) is 42.3 Å². The molecule has 7 atom stereocenters. The van der Waals surface area contributed by atoms with Crippen LogP contribution >= 0.6 is 11.6 Å². The van der Waals surface area contributed by atoms with Crippen molar-refractivity contribution in [2.75, 3.05) is 11.5 Å². The molecule has 1 spiro atoms. The van der Waals surface area contributed by atoms with Crippen LogP contribution in [0.5, 0.6) is 0 Å². The highest BCUT2D eigenvalue weighted by molar-refractivity contribution is 6.30. The highest BCUT2D eigenvalue weighted by Gasteiger charge is 2.70. The van der Waals surface area contributed by atoms with Gasteiger partial charge in [0.1, 0.15) is 5.82 Å². The first-order valence-electron chi connectivity index (χ1n) is 13.0. The molecular formula is C27H35ClN4O5. The second-order valence-corrected chi connectivity index (χ2v) is 11.2. The third kappa shape index (κ3) is 4.46. The molecule has 2 aromatic rings. The van der Waals surface area contributed by atoms with Crippen LogP contribution in [0.2, 0.25) is 5.02 Å². The molecule has 0 unspecified atom stereocenters. The topological polar surface area (TPSA) is 132 Å². The van der Waals surface area contributed by atoms with E-state index in [1.54, 1.807) is 0 Å². The molecule has 7 rings (SSSR count). The fraction of sp³-hybridized carbons (Fsp3) is 0.593. The molecule has 5 heterocycles. The third-order valence-electron chi connectivity index (χ3n) is 8.47. The molecular weight excluding hydrogens is 496 g/mol. The van der Waals surface area contributed by atoms with E-state index in [9.17, 15) is 4.79 Å². The zero-order valence-electron chi connectivity index (χ0n) is 21.7. The number of nitrogens with two attached hydrogens (primary N) is 2. The van der Waals surface area contributed by atoms with E-state index in [0.29, 0.717) is 22.7 Å². The molecule has 0 amide bonds. The van der Waals surface area contributed by atoms with Crippen molar-refractivity contribution in [3.05, 3.63) is 35.0 Å². The summed E-state index contributed by atoms with van der Waals surface area (Å²) in [5.41, 5.74) is 13.5. The average Bonchev–Trinajstić information content (AvgIpc) is 3.09. The number of halogens is 1. The summed E-state index contributed by atoms with van der Waals surface area (Å²) in [4.78, 5) is 31.9. The molecule has 4 saturated heterocycles. The molecule has 1 aromatic heterocycles. The molecule has 0 radical (unpaired) electrons. The van der Waals surface area contributed by atoms with Gasteiger partial charge in [-0.2, -0.15) is 4.98 Å². The number of esters is 1. The monoisotopic (exact) mass is 530 g/mol.